The minimum absolute atomic E-state index is 0.174. The van der Waals surface area contributed by atoms with Crippen LogP contribution < -0.4 is 0 Å². The van der Waals surface area contributed by atoms with Crippen LogP contribution in [0.15, 0.2) is 28.7 Å². The highest BCUT2D eigenvalue weighted by molar-refractivity contribution is 9.10. The minimum atomic E-state index is -0.755. The fourth-order valence-electron chi connectivity index (χ4n) is 2.72. The summed E-state index contributed by atoms with van der Waals surface area (Å²) in [7, 11) is 0. The molecule has 1 amide bonds. The van der Waals surface area contributed by atoms with Gasteiger partial charge >= 0.3 is 5.97 Å². The number of halogens is 1. The smallest absolute Gasteiger partial charge is 0.303 e. The maximum atomic E-state index is 12.2. The number of hydrogen-bond acceptors (Lipinski definition) is 2. The van der Waals surface area contributed by atoms with Crippen LogP contribution in [0.1, 0.15) is 31.2 Å². The number of carboxylic acid groups (broad SMARTS) is 1. The SMILES string of the molecule is O=C(O)CCC1CCN(C(=O)CCc2cccc(Br)c2)C1. The van der Waals surface area contributed by atoms with E-state index in [1.165, 1.54) is 0 Å². The lowest BCUT2D eigenvalue weighted by atomic mass is 10.0. The monoisotopic (exact) mass is 353 g/mol. The van der Waals surface area contributed by atoms with Gasteiger partial charge in [-0.2, -0.15) is 0 Å². The van der Waals surface area contributed by atoms with Crippen molar-refractivity contribution in [2.24, 2.45) is 5.92 Å². The molecule has 1 N–H and O–H groups in total. The van der Waals surface area contributed by atoms with Crippen molar-refractivity contribution in [2.45, 2.75) is 32.1 Å². The number of carbonyl (C=O) groups is 2. The molecule has 0 spiro atoms. The molecule has 21 heavy (non-hydrogen) atoms. The average Bonchev–Trinajstić information content (AvgIpc) is 2.91. The van der Waals surface area contributed by atoms with Gasteiger partial charge in [-0.25, -0.2) is 0 Å². The fraction of sp³-hybridized carbons (Fsp3) is 0.500. The Morgan fingerprint density at radius 1 is 1.33 bits per heavy atom. The van der Waals surface area contributed by atoms with Gasteiger partial charge in [0.1, 0.15) is 0 Å². The molecule has 1 aliphatic rings. The van der Waals surface area contributed by atoms with Gasteiger partial charge < -0.3 is 10.0 Å². The fourth-order valence-corrected chi connectivity index (χ4v) is 3.17. The molecule has 0 bridgehead atoms. The van der Waals surface area contributed by atoms with Crippen molar-refractivity contribution in [2.75, 3.05) is 13.1 Å². The molecule has 1 fully saturated rings. The highest BCUT2D eigenvalue weighted by Crippen LogP contribution is 2.22. The maximum Gasteiger partial charge on any atom is 0.303 e. The predicted octanol–water partition coefficient (Wildman–Crippen LogP) is 3.10. The zero-order valence-electron chi connectivity index (χ0n) is 11.9. The number of aliphatic carboxylic acids is 1. The molecule has 4 nitrogen and oxygen atoms in total. The summed E-state index contributed by atoms with van der Waals surface area (Å²) in [4.78, 5) is 24.6. The van der Waals surface area contributed by atoms with Gasteiger partial charge in [0.05, 0.1) is 0 Å². The van der Waals surface area contributed by atoms with Crippen LogP contribution >= 0.6 is 15.9 Å². The third-order valence-electron chi connectivity index (χ3n) is 3.92. The van der Waals surface area contributed by atoms with Crippen LogP contribution in [-0.2, 0) is 16.0 Å². The average molecular weight is 354 g/mol. The van der Waals surface area contributed by atoms with Gasteiger partial charge in [0, 0.05) is 30.4 Å². The van der Waals surface area contributed by atoms with E-state index in [1.807, 2.05) is 29.2 Å². The van der Waals surface area contributed by atoms with Crippen molar-refractivity contribution in [3.63, 3.8) is 0 Å². The van der Waals surface area contributed by atoms with Crippen molar-refractivity contribution < 1.29 is 14.7 Å². The second-order valence-corrected chi connectivity index (χ2v) is 6.47. The van der Waals surface area contributed by atoms with E-state index in [4.69, 9.17) is 5.11 Å². The van der Waals surface area contributed by atoms with Crippen molar-refractivity contribution in [3.05, 3.63) is 34.3 Å². The Morgan fingerprint density at radius 2 is 2.14 bits per heavy atom. The molecule has 1 unspecified atom stereocenters. The minimum Gasteiger partial charge on any atom is -0.481 e. The molecule has 1 aromatic carbocycles. The molecule has 1 heterocycles. The Balaban J connectivity index is 1.75. The quantitative estimate of drug-likeness (QED) is 0.854. The molecular formula is C16H20BrNO3. The van der Waals surface area contributed by atoms with Crippen LogP contribution in [0.25, 0.3) is 0 Å². The molecule has 0 radical (unpaired) electrons. The van der Waals surface area contributed by atoms with E-state index >= 15 is 0 Å². The van der Waals surface area contributed by atoms with Crippen molar-refractivity contribution in [1.29, 1.82) is 0 Å². The zero-order chi connectivity index (χ0) is 15.2. The van der Waals surface area contributed by atoms with E-state index in [0.29, 0.717) is 25.3 Å². The number of likely N-dealkylation sites (tertiary alicyclic amines) is 1. The maximum absolute atomic E-state index is 12.2. The molecule has 5 heteroatoms. The number of rotatable bonds is 6. The first-order chi connectivity index (χ1) is 10.0. The summed E-state index contributed by atoms with van der Waals surface area (Å²) in [5, 5.41) is 8.70. The standard InChI is InChI=1S/C16H20BrNO3/c17-14-3-1-2-12(10-14)4-6-15(19)18-9-8-13(11-18)5-7-16(20)21/h1-3,10,13H,4-9,11H2,(H,20,21). The van der Waals surface area contributed by atoms with Gasteiger partial charge in [0.25, 0.3) is 0 Å². The third-order valence-corrected chi connectivity index (χ3v) is 4.41. The Hall–Kier alpha value is -1.36. The first kappa shape index (κ1) is 16.0. The van der Waals surface area contributed by atoms with Crippen LogP contribution in [0.5, 0.6) is 0 Å². The van der Waals surface area contributed by atoms with Crippen molar-refractivity contribution >= 4 is 27.8 Å². The van der Waals surface area contributed by atoms with E-state index in [1.54, 1.807) is 0 Å². The highest BCUT2D eigenvalue weighted by atomic mass is 79.9. The van der Waals surface area contributed by atoms with Crippen LogP contribution in [0, 0.1) is 5.92 Å². The number of nitrogens with zero attached hydrogens (tertiary/aromatic N) is 1. The molecule has 0 aromatic heterocycles. The van der Waals surface area contributed by atoms with Gasteiger partial charge in [-0.3, -0.25) is 9.59 Å². The first-order valence-corrected chi connectivity index (χ1v) is 8.08. The van der Waals surface area contributed by atoms with Gasteiger partial charge in [0.15, 0.2) is 0 Å². The van der Waals surface area contributed by atoms with Crippen molar-refractivity contribution in [3.8, 4) is 0 Å². The Labute approximate surface area is 133 Å². The lowest BCUT2D eigenvalue weighted by Gasteiger charge is -2.16. The highest BCUT2D eigenvalue weighted by Gasteiger charge is 2.26. The summed E-state index contributed by atoms with van der Waals surface area (Å²) < 4.78 is 1.03. The summed E-state index contributed by atoms with van der Waals surface area (Å²) in [6, 6.07) is 8.01. The number of amides is 1. The molecular weight excluding hydrogens is 334 g/mol. The van der Waals surface area contributed by atoms with E-state index in [9.17, 15) is 9.59 Å². The largest absolute Gasteiger partial charge is 0.481 e. The number of aryl methyl sites for hydroxylation is 1. The summed E-state index contributed by atoms with van der Waals surface area (Å²) in [6.07, 6.45) is 3.06. The number of carboxylic acids is 1. The summed E-state index contributed by atoms with van der Waals surface area (Å²) >= 11 is 3.43. The number of carbonyl (C=O) groups excluding carboxylic acids is 1. The lowest BCUT2D eigenvalue weighted by Crippen LogP contribution is -2.28. The van der Waals surface area contributed by atoms with E-state index < -0.39 is 5.97 Å². The third kappa shape index (κ3) is 5.16. The van der Waals surface area contributed by atoms with Crippen LogP contribution in [0.3, 0.4) is 0 Å². The molecule has 0 aliphatic carbocycles. The van der Waals surface area contributed by atoms with Crippen molar-refractivity contribution in [1.82, 2.24) is 4.90 Å². The second-order valence-electron chi connectivity index (χ2n) is 5.56. The summed E-state index contributed by atoms with van der Waals surface area (Å²) in [5.74, 6) is -0.238. The normalized spacial score (nSPS) is 18.0. The second kappa shape index (κ2) is 7.59. The van der Waals surface area contributed by atoms with Crippen LogP contribution in [0.4, 0.5) is 0 Å². The van der Waals surface area contributed by atoms with Gasteiger partial charge in [-0.05, 0) is 42.9 Å². The molecule has 1 atom stereocenters. The Morgan fingerprint density at radius 3 is 2.86 bits per heavy atom. The van der Waals surface area contributed by atoms with E-state index in [2.05, 4.69) is 15.9 Å². The number of benzene rings is 1. The summed E-state index contributed by atoms with van der Waals surface area (Å²) in [6.45, 7) is 1.48. The first-order valence-electron chi connectivity index (χ1n) is 7.28. The lowest BCUT2D eigenvalue weighted by molar-refractivity contribution is -0.137. The van der Waals surface area contributed by atoms with Gasteiger partial charge in [-0.1, -0.05) is 28.1 Å². The Bertz CT molecular complexity index is 518. The molecule has 1 saturated heterocycles. The summed E-state index contributed by atoms with van der Waals surface area (Å²) in [5.41, 5.74) is 1.15. The molecule has 114 valence electrons. The topological polar surface area (TPSA) is 57.6 Å². The zero-order valence-corrected chi connectivity index (χ0v) is 13.5. The Kier molecular flexibility index (Phi) is 5.79. The molecule has 0 saturated carbocycles. The van der Waals surface area contributed by atoms with Crippen LogP contribution in [0.2, 0.25) is 0 Å². The van der Waals surface area contributed by atoms with Crippen LogP contribution in [-0.4, -0.2) is 35.0 Å². The van der Waals surface area contributed by atoms with E-state index in [0.717, 1.165) is 29.4 Å². The van der Waals surface area contributed by atoms with Gasteiger partial charge in [-0.15, -0.1) is 0 Å². The predicted molar refractivity (Wildman–Crippen MR) is 84.0 cm³/mol. The molecule has 2 rings (SSSR count). The number of hydrogen-bond donors (Lipinski definition) is 1. The van der Waals surface area contributed by atoms with Gasteiger partial charge in [0.2, 0.25) is 5.91 Å². The molecule has 1 aromatic rings. The molecule has 1 aliphatic heterocycles. The van der Waals surface area contributed by atoms with E-state index in [-0.39, 0.29) is 12.3 Å².